The van der Waals surface area contributed by atoms with Crippen LogP contribution in [-0.4, -0.2) is 9.38 Å². The van der Waals surface area contributed by atoms with Crippen LogP contribution in [-0.2, 0) is 5.54 Å². The second kappa shape index (κ2) is 3.08. The van der Waals surface area contributed by atoms with Crippen molar-refractivity contribution < 1.29 is 0 Å². The fourth-order valence-corrected chi connectivity index (χ4v) is 2.26. The molecule has 0 spiro atoms. The standard InChI is InChI=1S/C13H17N3/c1-13(2,14)12-15-8-11-10(9-5-6-9)4-3-7-16(11)12/h3-4,7-9H,5-6,14H2,1-2H3. The highest BCUT2D eigenvalue weighted by molar-refractivity contribution is 5.57. The van der Waals surface area contributed by atoms with Crippen molar-refractivity contribution in [1.82, 2.24) is 9.38 Å². The minimum atomic E-state index is -0.394. The Kier molecular flexibility index (Phi) is 1.89. The van der Waals surface area contributed by atoms with Gasteiger partial charge in [0.25, 0.3) is 0 Å². The molecular weight excluding hydrogens is 198 g/mol. The second-order valence-corrected chi connectivity index (χ2v) is 5.30. The summed E-state index contributed by atoms with van der Waals surface area (Å²) in [6.07, 6.45) is 6.63. The lowest BCUT2D eigenvalue weighted by Gasteiger charge is -2.17. The summed E-state index contributed by atoms with van der Waals surface area (Å²) >= 11 is 0. The first kappa shape index (κ1) is 9.85. The molecule has 2 aromatic rings. The van der Waals surface area contributed by atoms with Crippen LogP contribution < -0.4 is 5.73 Å². The van der Waals surface area contributed by atoms with Gasteiger partial charge >= 0.3 is 0 Å². The first-order valence-corrected chi connectivity index (χ1v) is 5.83. The van der Waals surface area contributed by atoms with Crippen molar-refractivity contribution in [3.8, 4) is 0 Å². The Morgan fingerprint density at radius 2 is 2.19 bits per heavy atom. The van der Waals surface area contributed by atoms with E-state index in [4.69, 9.17) is 5.73 Å². The van der Waals surface area contributed by atoms with Crippen LogP contribution in [0.4, 0.5) is 0 Å². The zero-order chi connectivity index (χ0) is 11.3. The van der Waals surface area contributed by atoms with E-state index in [0.29, 0.717) is 0 Å². The third kappa shape index (κ3) is 1.43. The molecule has 2 N–H and O–H groups in total. The highest BCUT2D eigenvalue weighted by atomic mass is 15.1. The van der Waals surface area contributed by atoms with Gasteiger partial charge in [-0.15, -0.1) is 0 Å². The van der Waals surface area contributed by atoms with Gasteiger partial charge in [0.2, 0.25) is 0 Å². The molecule has 1 saturated carbocycles. The van der Waals surface area contributed by atoms with Gasteiger partial charge in [0.15, 0.2) is 0 Å². The van der Waals surface area contributed by atoms with Gasteiger partial charge in [-0.05, 0) is 44.2 Å². The molecule has 0 amide bonds. The summed E-state index contributed by atoms with van der Waals surface area (Å²) in [5, 5.41) is 0. The number of nitrogens with zero attached hydrogens (tertiary/aromatic N) is 2. The number of nitrogens with two attached hydrogens (primary N) is 1. The van der Waals surface area contributed by atoms with E-state index in [9.17, 15) is 0 Å². The minimum Gasteiger partial charge on any atom is -0.319 e. The van der Waals surface area contributed by atoms with Gasteiger partial charge in [-0.25, -0.2) is 4.98 Å². The lowest BCUT2D eigenvalue weighted by Crippen LogP contribution is -2.31. The number of aromatic nitrogens is 2. The van der Waals surface area contributed by atoms with Crippen molar-refractivity contribution in [1.29, 1.82) is 0 Å². The van der Waals surface area contributed by atoms with Crippen LogP contribution in [0.5, 0.6) is 0 Å². The monoisotopic (exact) mass is 215 g/mol. The van der Waals surface area contributed by atoms with Gasteiger partial charge in [-0.3, -0.25) is 0 Å². The SMILES string of the molecule is CC(C)(N)c1ncc2c(C3CC3)cccn12. The number of hydrogen-bond donors (Lipinski definition) is 1. The number of hydrogen-bond acceptors (Lipinski definition) is 2. The molecule has 2 heterocycles. The van der Waals surface area contributed by atoms with Crippen molar-refractivity contribution in [2.45, 2.75) is 38.1 Å². The molecule has 2 aromatic heterocycles. The minimum absolute atomic E-state index is 0.394. The lowest BCUT2D eigenvalue weighted by molar-refractivity contribution is 0.511. The van der Waals surface area contributed by atoms with Crippen molar-refractivity contribution in [3.05, 3.63) is 35.9 Å². The average molecular weight is 215 g/mol. The summed E-state index contributed by atoms with van der Waals surface area (Å²) < 4.78 is 2.13. The maximum atomic E-state index is 6.13. The topological polar surface area (TPSA) is 43.3 Å². The molecule has 0 saturated heterocycles. The van der Waals surface area contributed by atoms with Gasteiger partial charge in [0, 0.05) is 6.20 Å². The summed E-state index contributed by atoms with van der Waals surface area (Å²) in [5.74, 6) is 1.68. The van der Waals surface area contributed by atoms with Crippen LogP contribution in [0.3, 0.4) is 0 Å². The van der Waals surface area contributed by atoms with Crippen LogP contribution in [0.25, 0.3) is 5.52 Å². The molecule has 3 nitrogen and oxygen atoms in total. The average Bonchev–Trinajstić information content (AvgIpc) is 2.94. The van der Waals surface area contributed by atoms with Gasteiger partial charge in [-0.1, -0.05) is 6.07 Å². The van der Waals surface area contributed by atoms with E-state index < -0.39 is 5.54 Å². The lowest BCUT2D eigenvalue weighted by atomic mass is 10.1. The number of fused-ring (bicyclic) bond motifs is 1. The molecule has 0 atom stereocenters. The maximum absolute atomic E-state index is 6.13. The molecule has 3 rings (SSSR count). The van der Waals surface area contributed by atoms with E-state index in [1.54, 1.807) is 0 Å². The Hall–Kier alpha value is -1.35. The Balaban J connectivity index is 2.24. The first-order chi connectivity index (χ1) is 7.57. The van der Waals surface area contributed by atoms with Crippen LogP contribution in [0, 0.1) is 0 Å². The highest BCUT2D eigenvalue weighted by Crippen LogP contribution is 2.42. The zero-order valence-corrected chi connectivity index (χ0v) is 9.77. The fourth-order valence-electron chi connectivity index (χ4n) is 2.26. The molecule has 1 fully saturated rings. The molecule has 0 radical (unpaired) electrons. The van der Waals surface area contributed by atoms with Crippen molar-refractivity contribution in [2.75, 3.05) is 0 Å². The third-order valence-corrected chi connectivity index (χ3v) is 3.20. The molecular formula is C13H17N3. The summed E-state index contributed by atoms with van der Waals surface area (Å²) in [7, 11) is 0. The Morgan fingerprint density at radius 1 is 1.44 bits per heavy atom. The molecule has 0 bridgehead atoms. The summed E-state index contributed by atoms with van der Waals surface area (Å²) in [6, 6.07) is 4.31. The van der Waals surface area contributed by atoms with E-state index in [1.807, 2.05) is 20.0 Å². The van der Waals surface area contributed by atoms with Gasteiger partial charge in [0.1, 0.15) is 5.82 Å². The maximum Gasteiger partial charge on any atom is 0.132 e. The van der Waals surface area contributed by atoms with Crippen LogP contribution >= 0.6 is 0 Å². The Bertz CT molecular complexity index is 530. The zero-order valence-electron chi connectivity index (χ0n) is 9.77. The molecule has 0 unspecified atom stereocenters. The van der Waals surface area contributed by atoms with E-state index in [2.05, 4.69) is 27.7 Å². The molecule has 16 heavy (non-hydrogen) atoms. The van der Waals surface area contributed by atoms with Crippen molar-refractivity contribution in [2.24, 2.45) is 5.73 Å². The molecule has 1 aliphatic rings. The summed E-state index contributed by atoms with van der Waals surface area (Å²) in [5.41, 5.74) is 8.37. The second-order valence-electron chi connectivity index (χ2n) is 5.30. The van der Waals surface area contributed by atoms with Crippen LogP contribution in [0.1, 0.15) is 44.0 Å². The van der Waals surface area contributed by atoms with Gasteiger partial charge in [0.05, 0.1) is 17.3 Å². The van der Waals surface area contributed by atoms with E-state index in [1.165, 1.54) is 23.9 Å². The number of rotatable bonds is 2. The number of pyridine rings is 1. The van der Waals surface area contributed by atoms with Crippen molar-refractivity contribution >= 4 is 5.52 Å². The fraction of sp³-hybridized carbons (Fsp3) is 0.462. The first-order valence-electron chi connectivity index (χ1n) is 5.83. The molecule has 0 aromatic carbocycles. The quantitative estimate of drug-likeness (QED) is 0.836. The molecule has 84 valence electrons. The normalized spacial score (nSPS) is 16.9. The third-order valence-electron chi connectivity index (χ3n) is 3.20. The molecule has 0 aliphatic heterocycles. The largest absolute Gasteiger partial charge is 0.319 e. The van der Waals surface area contributed by atoms with E-state index in [0.717, 1.165) is 11.7 Å². The molecule has 1 aliphatic carbocycles. The predicted molar refractivity (Wildman–Crippen MR) is 64.4 cm³/mol. The van der Waals surface area contributed by atoms with E-state index in [-0.39, 0.29) is 0 Å². The van der Waals surface area contributed by atoms with Gasteiger partial charge in [-0.2, -0.15) is 0 Å². The van der Waals surface area contributed by atoms with Crippen LogP contribution in [0.2, 0.25) is 0 Å². The predicted octanol–water partition coefficient (Wildman–Crippen LogP) is 2.41. The van der Waals surface area contributed by atoms with Crippen molar-refractivity contribution in [3.63, 3.8) is 0 Å². The summed E-state index contributed by atoms with van der Waals surface area (Å²) in [4.78, 5) is 4.48. The summed E-state index contributed by atoms with van der Waals surface area (Å²) in [6.45, 7) is 3.98. The van der Waals surface area contributed by atoms with E-state index >= 15 is 0 Å². The Labute approximate surface area is 95.3 Å². The molecule has 3 heteroatoms. The smallest absolute Gasteiger partial charge is 0.132 e. The van der Waals surface area contributed by atoms with Gasteiger partial charge < -0.3 is 10.1 Å². The number of imidazole rings is 1. The Morgan fingerprint density at radius 3 is 2.81 bits per heavy atom. The van der Waals surface area contributed by atoms with Crippen LogP contribution in [0.15, 0.2) is 24.5 Å². The highest BCUT2D eigenvalue weighted by Gasteiger charge is 2.27.